The number of anilines is 1. The van der Waals surface area contributed by atoms with Crippen LogP contribution in [0.2, 0.25) is 0 Å². The number of ether oxygens (including phenoxy) is 1. The first-order chi connectivity index (χ1) is 12.6. The highest BCUT2D eigenvalue weighted by Gasteiger charge is 2.33. The second-order valence-electron chi connectivity index (χ2n) is 5.75. The molecule has 0 unspecified atom stereocenters. The molecule has 2 aromatic rings. The number of aliphatic imine (C=N–C) groups is 1. The van der Waals surface area contributed by atoms with E-state index in [4.69, 9.17) is 4.74 Å². The number of hydrazone groups is 1. The molecule has 2 aromatic carbocycles. The molecule has 6 heteroatoms. The Bertz CT molecular complexity index is 858. The predicted octanol–water partition coefficient (Wildman–Crippen LogP) is 3.60. The van der Waals surface area contributed by atoms with Gasteiger partial charge in [-0.2, -0.15) is 10.1 Å². The summed E-state index contributed by atoms with van der Waals surface area (Å²) in [5.41, 5.74) is 2.53. The Morgan fingerprint density at radius 2 is 1.88 bits per heavy atom. The van der Waals surface area contributed by atoms with Gasteiger partial charge in [0, 0.05) is 6.21 Å². The topological polar surface area (TPSA) is 71.3 Å². The summed E-state index contributed by atoms with van der Waals surface area (Å²) in [6.07, 6.45) is 1.59. The van der Waals surface area contributed by atoms with E-state index in [1.165, 1.54) is 5.01 Å². The van der Waals surface area contributed by atoms with Crippen LogP contribution < -0.4 is 5.01 Å². The van der Waals surface area contributed by atoms with Crippen LogP contribution in [0.1, 0.15) is 24.2 Å². The molecule has 1 aliphatic heterocycles. The number of carbonyl (C=O) groups is 2. The van der Waals surface area contributed by atoms with Crippen molar-refractivity contribution in [3.05, 3.63) is 60.2 Å². The van der Waals surface area contributed by atoms with Crippen molar-refractivity contribution in [3.8, 4) is 0 Å². The summed E-state index contributed by atoms with van der Waals surface area (Å²) < 4.78 is 4.95. The third kappa shape index (κ3) is 3.69. The highest BCUT2D eigenvalue weighted by molar-refractivity contribution is 6.23. The van der Waals surface area contributed by atoms with Crippen LogP contribution in [0.25, 0.3) is 0 Å². The van der Waals surface area contributed by atoms with Crippen molar-refractivity contribution in [2.45, 2.75) is 13.8 Å². The first kappa shape index (κ1) is 17.5. The van der Waals surface area contributed by atoms with Gasteiger partial charge < -0.3 is 4.74 Å². The van der Waals surface area contributed by atoms with Crippen molar-refractivity contribution in [1.29, 1.82) is 0 Å². The Morgan fingerprint density at radius 1 is 1.19 bits per heavy atom. The third-order valence-electron chi connectivity index (χ3n) is 3.93. The smallest absolute Gasteiger partial charge is 0.338 e. The van der Waals surface area contributed by atoms with Gasteiger partial charge in [-0.05, 0) is 50.2 Å². The van der Waals surface area contributed by atoms with Gasteiger partial charge >= 0.3 is 5.97 Å². The van der Waals surface area contributed by atoms with Gasteiger partial charge in [-0.3, -0.25) is 9.79 Å². The lowest BCUT2D eigenvalue weighted by molar-refractivity contribution is -0.118. The second kappa shape index (κ2) is 7.74. The van der Waals surface area contributed by atoms with Crippen LogP contribution in [0.4, 0.5) is 11.4 Å². The lowest BCUT2D eigenvalue weighted by Crippen LogP contribution is -2.27. The fraction of sp³-hybridized carbons (Fsp3) is 0.200. The molecule has 3 rings (SSSR count). The molecule has 0 spiro atoms. The monoisotopic (exact) mass is 349 g/mol. The number of hydrogen-bond donors (Lipinski definition) is 0. The Kier molecular flexibility index (Phi) is 5.22. The van der Waals surface area contributed by atoms with Gasteiger partial charge in [0.1, 0.15) is 5.92 Å². The fourth-order valence-electron chi connectivity index (χ4n) is 2.56. The lowest BCUT2D eigenvalue weighted by Gasteiger charge is -2.12. The Balaban J connectivity index is 1.72. The summed E-state index contributed by atoms with van der Waals surface area (Å²) in [6.45, 7) is 3.90. The highest BCUT2D eigenvalue weighted by atomic mass is 16.5. The summed E-state index contributed by atoms with van der Waals surface area (Å²) >= 11 is 0. The van der Waals surface area contributed by atoms with E-state index < -0.39 is 5.92 Å². The minimum atomic E-state index is -0.500. The van der Waals surface area contributed by atoms with Gasteiger partial charge in [-0.25, -0.2) is 4.79 Å². The number of amides is 1. The largest absolute Gasteiger partial charge is 0.462 e. The van der Waals surface area contributed by atoms with Crippen molar-refractivity contribution in [2.24, 2.45) is 16.0 Å². The Hall–Kier alpha value is -3.28. The van der Waals surface area contributed by atoms with Crippen LogP contribution in [0, 0.1) is 5.92 Å². The van der Waals surface area contributed by atoms with Crippen molar-refractivity contribution < 1.29 is 14.3 Å². The summed E-state index contributed by atoms with van der Waals surface area (Å²) in [5, 5.41) is 5.74. The van der Waals surface area contributed by atoms with E-state index in [1.54, 1.807) is 44.3 Å². The molecule has 0 aliphatic carbocycles. The van der Waals surface area contributed by atoms with Gasteiger partial charge in [-0.1, -0.05) is 18.2 Å². The lowest BCUT2D eigenvalue weighted by atomic mass is 10.1. The first-order valence-electron chi connectivity index (χ1n) is 8.35. The van der Waals surface area contributed by atoms with E-state index in [2.05, 4.69) is 10.1 Å². The van der Waals surface area contributed by atoms with Crippen molar-refractivity contribution in [2.75, 3.05) is 11.6 Å². The zero-order valence-electron chi connectivity index (χ0n) is 14.6. The van der Waals surface area contributed by atoms with Crippen LogP contribution in [-0.2, 0) is 9.53 Å². The van der Waals surface area contributed by atoms with E-state index in [0.717, 1.165) is 5.69 Å². The summed E-state index contributed by atoms with van der Waals surface area (Å²) in [7, 11) is 0. The molecule has 0 saturated carbocycles. The molecular formula is C20H19N3O3. The zero-order chi connectivity index (χ0) is 18.5. The summed E-state index contributed by atoms with van der Waals surface area (Å²) in [6, 6.07) is 16.0. The maximum atomic E-state index is 12.6. The molecule has 1 heterocycles. The van der Waals surface area contributed by atoms with Crippen molar-refractivity contribution in [3.63, 3.8) is 0 Å². The normalized spacial score (nSPS) is 16.8. The van der Waals surface area contributed by atoms with Gasteiger partial charge in [0.25, 0.3) is 5.91 Å². The van der Waals surface area contributed by atoms with Crippen LogP contribution in [0.5, 0.6) is 0 Å². The first-order valence-corrected chi connectivity index (χ1v) is 8.35. The maximum Gasteiger partial charge on any atom is 0.338 e. The fourth-order valence-corrected chi connectivity index (χ4v) is 2.56. The molecule has 0 bridgehead atoms. The maximum absolute atomic E-state index is 12.6. The summed E-state index contributed by atoms with van der Waals surface area (Å²) in [4.78, 5) is 28.6. The number of nitrogens with zero attached hydrogens (tertiary/aromatic N) is 3. The molecule has 1 aliphatic rings. The standard InChI is InChI=1S/C20H19N3O3/c1-3-26-20(25)15-9-11-16(12-10-15)21-13-18-14(2)22-23(19(18)24)17-7-5-4-6-8-17/h4-13,18H,3H2,1-2H3/t18-/m1/s1. The predicted molar refractivity (Wildman–Crippen MR) is 101 cm³/mol. The van der Waals surface area contributed by atoms with E-state index in [1.807, 2.05) is 30.3 Å². The zero-order valence-corrected chi connectivity index (χ0v) is 14.6. The highest BCUT2D eigenvalue weighted by Crippen LogP contribution is 2.23. The number of esters is 1. The van der Waals surface area contributed by atoms with Crippen LogP contribution in [-0.4, -0.2) is 30.4 Å². The van der Waals surface area contributed by atoms with E-state index in [9.17, 15) is 9.59 Å². The minimum Gasteiger partial charge on any atom is -0.462 e. The number of rotatable bonds is 5. The van der Waals surface area contributed by atoms with Crippen LogP contribution in [0.3, 0.4) is 0 Å². The average molecular weight is 349 g/mol. The average Bonchev–Trinajstić information content (AvgIpc) is 2.95. The number of carbonyl (C=O) groups excluding carboxylic acids is 2. The molecule has 1 amide bonds. The molecule has 6 nitrogen and oxygen atoms in total. The Morgan fingerprint density at radius 3 is 2.54 bits per heavy atom. The van der Waals surface area contributed by atoms with E-state index in [0.29, 0.717) is 23.6 Å². The Labute approximate surface area is 151 Å². The molecule has 0 radical (unpaired) electrons. The van der Waals surface area contributed by atoms with Gasteiger partial charge in [-0.15, -0.1) is 0 Å². The van der Waals surface area contributed by atoms with Crippen molar-refractivity contribution in [1.82, 2.24) is 0 Å². The van der Waals surface area contributed by atoms with Gasteiger partial charge in [0.15, 0.2) is 0 Å². The van der Waals surface area contributed by atoms with E-state index >= 15 is 0 Å². The molecule has 1 atom stereocenters. The van der Waals surface area contributed by atoms with E-state index in [-0.39, 0.29) is 11.9 Å². The summed E-state index contributed by atoms with van der Waals surface area (Å²) in [5.74, 6) is -1.00. The van der Waals surface area contributed by atoms with Gasteiger partial charge in [0.2, 0.25) is 0 Å². The second-order valence-corrected chi connectivity index (χ2v) is 5.75. The number of hydrogen-bond acceptors (Lipinski definition) is 5. The SMILES string of the molecule is CCOC(=O)c1ccc(N=C[C@H]2C(=O)N(c3ccccc3)N=C2C)cc1. The van der Waals surface area contributed by atoms with Gasteiger partial charge in [0.05, 0.1) is 29.3 Å². The third-order valence-corrected chi connectivity index (χ3v) is 3.93. The number of benzene rings is 2. The molecule has 0 saturated heterocycles. The molecule has 0 N–H and O–H groups in total. The van der Waals surface area contributed by atoms with Crippen molar-refractivity contribution >= 4 is 35.2 Å². The quantitative estimate of drug-likeness (QED) is 0.611. The molecular weight excluding hydrogens is 330 g/mol. The molecule has 0 fully saturated rings. The van der Waals surface area contributed by atoms with Crippen LogP contribution >= 0.6 is 0 Å². The molecule has 132 valence electrons. The molecule has 0 aromatic heterocycles. The van der Waals surface area contributed by atoms with Crippen LogP contribution in [0.15, 0.2) is 64.7 Å². The number of para-hydroxylation sites is 1. The minimum absolute atomic E-state index is 0.138. The molecule has 26 heavy (non-hydrogen) atoms.